The van der Waals surface area contributed by atoms with Crippen molar-refractivity contribution in [1.82, 2.24) is 19.1 Å². The summed E-state index contributed by atoms with van der Waals surface area (Å²) < 4.78 is 25.9. The number of hydrogen-bond donors (Lipinski definition) is 3. The Morgan fingerprint density at radius 1 is 1.09 bits per heavy atom. The first-order valence-corrected chi connectivity index (χ1v) is 10.7. The number of halogens is 1. The molecule has 0 atom stereocenters. The number of urea groups is 1. The molecule has 3 N–H and O–H groups in total. The van der Waals surface area contributed by atoms with Gasteiger partial charge in [0, 0.05) is 61.1 Å². The van der Waals surface area contributed by atoms with Crippen LogP contribution in [0.15, 0.2) is 0 Å². The quantitative estimate of drug-likeness (QED) is 0.419. The van der Waals surface area contributed by atoms with Crippen molar-refractivity contribution in [3.63, 3.8) is 0 Å². The highest BCUT2D eigenvalue weighted by Crippen LogP contribution is 2.19. The molecule has 2 amide bonds. The molecule has 1 heterocycles. The summed E-state index contributed by atoms with van der Waals surface area (Å²) in [5.41, 5.74) is 0. The third kappa shape index (κ3) is 6.17. The molecule has 1 aliphatic carbocycles. The molecule has 2 fully saturated rings. The van der Waals surface area contributed by atoms with E-state index in [-0.39, 0.29) is 23.6 Å². The van der Waals surface area contributed by atoms with E-state index in [2.05, 4.69) is 41.9 Å². The first kappa shape index (κ1) is 18.2. The molecule has 0 bridgehead atoms. The molecular weight excluding hydrogens is 419 g/mol. The van der Waals surface area contributed by atoms with Crippen molar-refractivity contribution in [2.24, 2.45) is 0 Å². The Balaban J connectivity index is 1.57. The maximum atomic E-state index is 11.9. The summed E-state index contributed by atoms with van der Waals surface area (Å²) in [5, 5.41) is 5.88. The van der Waals surface area contributed by atoms with Gasteiger partial charge in [-0.15, -0.1) is 0 Å². The zero-order valence-electron chi connectivity index (χ0n) is 12.7. The van der Waals surface area contributed by atoms with Crippen LogP contribution >= 0.6 is 22.9 Å². The molecule has 0 radical (unpaired) electrons. The van der Waals surface area contributed by atoms with Crippen molar-refractivity contribution in [3.05, 3.63) is 0 Å². The molecule has 0 unspecified atom stereocenters. The Labute approximate surface area is 146 Å². The Morgan fingerprint density at radius 2 is 1.68 bits per heavy atom. The predicted molar refractivity (Wildman–Crippen MR) is 94.8 cm³/mol. The highest BCUT2D eigenvalue weighted by Gasteiger charge is 2.22. The van der Waals surface area contributed by atoms with Gasteiger partial charge in [0.15, 0.2) is 9.84 Å². The summed E-state index contributed by atoms with van der Waals surface area (Å²) in [6.07, 6.45) is 4.21. The van der Waals surface area contributed by atoms with E-state index in [1.54, 1.807) is 0 Å². The van der Waals surface area contributed by atoms with Crippen LogP contribution in [0.1, 0.15) is 25.7 Å². The minimum absolute atomic E-state index is 0.115. The van der Waals surface area contributed by atoms with Gasteiger partial charge in [0.1, 0.15) is 0 Å². The van der Waals surface area contributed by atoms with Gasteiger partial charge in [-0.05, 0) is 25.7 Å². The standard InChI is InChI=1S/C13H25IN4O3S/c14-17-12-3-1-11(2-4-12)16-13(19)15-5-6-18-7-9-22(20,21)10-8-18/h11-12,17H,1-10H2,(H2,15,16,19)/t11-,12-. The first-order chi connectivity index (χ1) is 10.5. The van der Waals surface area contributed by atoms with E-state index in [1.807, 2.05) is 0 Å². The van der Waals surface area contributed by atoms with E-state index in [1.165, 1.54) is 0 Å². The second-order valence-corrected chi connectivity index (χ2v) is 8.98. The number of amides is 2. The van der Waals surface area contributed by atoms with Crippen LogP contribution in [0.5, 0.6) is 0 Å². The Bertz CT molecular complexity index is 452. The molecule has 0 aromatic carbocycles. The lowest BCUT2D eigenvalue weighted by Crippen LogP contribution is -2.48. The zero-order valence-corrected chi connectivity index (χ0v) is 15.7. The number of rotatable bonds is 5. The minimum atomic E-state index is -2.83. The SMILES string of the molecule is O=C(NCCN1CCS(=O)(=O)CC1)N[C@H]1CC[C@H](NI)CC1. The second kappa shape index (κ2) is 8.65. The predicted octanol–water partition coefficient (Wildman–Crippen LogP) is 0.267. The average Bonchev–Trinajstić information content (AvgIpc) is 2.50. The lowest BCUT2D eigenvalue weighted by Gasteiger charge is -2.29. The molecular formula is C13H25IN4O3S. The maximum Gasteiger partial charge on any atom is 0.315 e. The summed E-state index contributed by atoms with van der Waals surface area (Å²) >= 11 is 2.19. The summed E-state index contributed by atoms with van der Waals surface area (Å²) in [5.74, 6) is 0.459. The van der Waals surface area contributed by atoms with Gasteiger partial charge in [-0.2, -0.15) is 0 Å². The van der Waals surface area contributed by atoms with Crippen molar-refractivity contribution in [2.75, 3.05) is 37.7 Å². The molecule has 0 aromatic heterocycles. The van der Waals surface area contributed by atoms with Crippen LogP contribution in [0.2, 0.25) is 0 Å². The van der Waals surface area contributed by atoms with E-state index >= 15 is 0 Å². The molecule has 0 aromatic rings. The van der Waals surface area contributed by atoms with Gasteiger partial charge in [-0.3, -0.25) is 8.43 Å². The molecule has 7 nitrogen and oxygen atoms in total. The Kier molecular flexibility index (Phi) is 7.16. The molecule has 0 spiro atoms. The van der Waals surface area contributed by atoms with Crippen molar-refractivity contribution in [2.45, 2.75) is 37.8 Å². The summed E-state index contributed by atoms with van der Waals surface area (Å²) in [6.45, 7) is 2.39. The van der Waals surface area contributed by atoms with E-state index in [0.717, 1.165) is 25.7 Å². The molecule has 9 heteroatoms. The zero-order chi connectivity index (χ0) is 16.0. The fourth-order valence-corrected chi connectivity index (χ4v) is 4.78. The van der Waals surface area contributed by atoms with Crippen LogP contribution < -0.4 is 14.2 Å². The van der Waals surface area contributed by atoms with Gasteiger partial charge in [0.05, 0.1) is 11.5 Å². The number of nitrogens with zero attached hydrogens (tertiary/aromatic N) is 1. The fourth-order valence-electron chi connectivity index (χ4n) is 2.88. The highest BCUT2D eigenvalue weighted by atomic mass is 127. The van der Waals surface area contributed by atoms with Crippen molar-refractivity contribution in [3.8, 4) is 0 Å². The lowest BCUT2D eigenvalue weighted by atomic mass is 9.92. The third-order valence-electron chi connectivity index (χ3n) is 4.37. The molecule has 1 saturated carbocycles. The Morgan fingerprint density at radius 3 is 2.27 bits per heavy atom. The minimum Gasteiger partial charge on any atom is -0.337 e. The summed E-state index contributed by atoms with van der Waals surface area (Å²) in [4.78, 5) is 13.9. The second-order valence-electron chi connectivity index (χ2n) is 6.05. The van der Waals surface area contributed by atoms with E-state index in [9.17, 15) is 13.2 Å². The summed E-state index contributed by atoms with van der Waals surface area (Å²) in [7, 11) is -2.83. The van der Waals surface area contributed by atoms with Gasteiger partial charge in [0.25, 0.3) is 0 Å². The molecule has 128 valence electrons. The molecule has 2 rings (SSSR count). The number of hydrogen-bond acceptors (Lipinski definition) is 5. The number of carbonyl (C=O) groups is 1. The van der Waals surface area contributed by atoms with Crippen molar-refractivity contribution < 1.29 is 13.2 Å². The van der Waals surface area contributed by atoms with Gasteiger partial charge in [0.2, 0.25) is 0 Å². The van der Waals surface area contributed by atoms with Crippen LogP contribution in [0.3, 0.4) is 0 Å². The maximum absolute atomic E-state index is 11.9. The largest absolute Gasteiger partial charge is 0.337 e. The first-order valence-electron chi connectivity index (χ1n) is 7.82. The van der Waals surface area contributed by atoms with Crippen molar-refractivity contribution in [1.29, 1.82) is 0 Å². The summed E-state index contributed by atoms with van der Waals surface area (Å²) in [6, 6.07) is 0.716. The third-order valence-corrected chi connectivity index (χ3v) is 6.86. The fraction of sp³-hybridized carbons (Fsp3) is 0.923. The van der Waals surface area contributed by atoms with Crippen molar-refractivity contribution >= 4 is 38.7 Å². The van der Waals surface area contributed by atoms with Crippen LogP contribution in [0.25, 0.3) is 0 Å². The number of nitrogens with one attached hydrogen (secondary N) is 3. The van der Waals surface area contributed by atoms with E-state index < -0.39 is 9.84 Å². The van der Waals surface area contributed by atoms with E-state index in [0.29, 0.717) is 32.2 Å². The smallest absolute Gasteiger partial charge is 0.315 e. The number of sulfone groups is 1. The number of carbonyl (C=O) groups excluding carboxylic acids is 1. The van der Waals surface area contributed by atoms with Gasteiger partial charge in [-0.1, -0.05) is 0 Å². The topological polar surface area (TPSA) is 90.5 Å². The monoisotopic (exact) mass is 444 g/mol. The molecule has 1 aliphatic heterocycles. The van der Waals surface area contributed by atoms with Gasteiger partial charge >= 0.3 is 6.03 Å². The van der Waals surface area contributed by atoms with Gasteiger partial charge in [-0.25, -0.2) is 13.2 Å². The van der Waals surface area contributed by atoms with Crippen LogP contribution in [-0.4, -0.2) is 69.1 Å². The lowest BCUT2D eigenvalue weighted by molar-refractivity contribution is 0.227. The molecule has 2 aliphatic rings. The highest BCUT2D eigenvalue weighted by molar-refractivity contribution is 14.1. The average molecular weight is 444 g/mol. The van der Waals surface area contributed by atoms with Gasteiger partial charge < -0.3 is 10.6 Å². The molecule has 1 saturated heterocycles. The van der Waals surface area contributed by atoms with Crippen LogP contribution in [0, 0.1) is 0 Å². The van der Waals surface area contributed by atoms with E-state index in [4.69, 9.17) is 0 Å². The Hall–Kier alpha value is -0.130. The van der Waals surface area contributed by atoms with Crippen LogP contribution in [0.4, 0.5) is 4.79 Å². The molecule has 22 heavy (non-hydrogen) atoms. The normalized spacial score (nSPS) is 29.0. The van der Waals surface area contributed by atoms with Crippen LogP contribution in [-0.2, 0) is 9.84 Å².